The molecule has 1 heterocycles. The van der Waals surface area contributed by atoms with E-state index in [1.54, 1.807) is 0 Å². The second-order valence-corrected chi connectivity index (χ2v) is 4.72. The third kappa shape index (κ3) is 2.10. The molecular weight excluding hydrogens is 258 g/mol. The largest absolute Gasteiger partial charge is 0.390 e. The lowest BCUT2D eigenvalue weighted by Gasteiger charge is -2.18. The van der Waals surface area contributed by atoms with E-state index in [2.05, 4.69) is 10.3 Å². The summed E-state index contributed by atoms with van der Waals surface area (Å²) < 4.78 is 0. The van der Waals surface area contributed by atoms with Crippen molar-refractivity contribution in [2.45, 2.75) is 18.6 Å². The summed E-state index contributed by atoms with van der Waals surface area (Å²) in [6.45, 7) is 0. The molecule has 0 aliphatic heterocycles. The molecule has 2 N–H and O–H groups in total. The first-order chi connectivity index (χ1) is 9.66. The van der Waals surface area contributed by atoms with Gasteiger partial charge in [0.15, 0.2) is 0 Å². The number of hydrogen-bond donors (Lipinski definition) is 2. The van der Waals surface area contributed by atoms with Crippen molar-refractivity contribution in [3.8, 4) is 0 Å². The van der Waals surface area contributed by atoms with Crippen LogP contribution in [0, 0.1) is 10.1 Å². The number of pyridine rings is 1. The van der Waals surface area contributed by atoms with Gasteiger partial charge < -0.3 is 10.4 Å². The first kappa shape index (κ1) is 12.6. The predicted molar refractivity (Wildman–Crippen MR) is 73.4 cm³/mol. The number of nitrogens with one attached hydrogen (secondary N) is 1. The molecule has 102 valence electrons. The standard InChI is InChI=1S/C14H13N3O3/c18-12-8-9-4-1-2-5-10(9)13(12)16-14-11(17(19)20)6-3-7-15-14/h1-7,12-13,18H,8H2,(H,15,16)/t12-,13-/m1/s1. The van der Waals surface area contributed by atoms with Crippen molar-refractivity contribution in [2.24, 2.45) is 0 Å². The Balaban J connectivity index is 1.94. The molecule has 0 spiro atoms. The Bertz CT molecular complexity index is 660. The quantitative estimate of drug-likeness (QED) is 0.659. The molecule has 0 unspecified atom stereocenters. The fraction of sp³-hybridized carbons (Fsp3) is 0.214. The fourth-order valence-electron chi connectivity index (χ4n) is 2.55. The van der Waals surface area contributed by atoms with Gasteiger partial charge in [-0.05, 0) is 17.2 Å². The van der Waals surface area contributed by atoms with Gasteiger partial charge >= 0.3 is 5.69 Å². The molecule has 0 radical (unpaired) electrons. The lowest BCUT2D eigenvalue weighted by molar-refractivity contribution is -0.384. The number of nitro groups is 1. The maximum absolute atomic E-state index is 11.0. The molecule has 3 rings (SSSR count). The molecule has 1 aromatic carbocycles. The number of hydrogen-bond acceptors (Lipinski definition) is 5. The second-order valence-electron chi connectivity index (χ2n) is 4.72. The van der Waals surface area contributed by atoms with Crippen molar-refractivity contribution in [3.63, 3.8) is 0 Å². The van der Waals surface area contributed by atoms with Crippen LogP contribution in [0.5, 0.6) is 0 Å². The average molecular weight is 271 g/mol. The summed E-state index contributed by atoms with van der Waals surface area (Å²) in [5.74, 6) is 0.179. The highest BCUT2D eigenvalue weighted by molar-refractivity contribution is 5.57. The van der Waals surface area contributed by atoms with E-state index in [1.165, 1.54) is 18.3 Å². The molecule has 1 aliphatic rings. The van der Waals surface area contributed by atoms with Crippen LogP contribution in [-0.4, -0.2) is 21.1 Å². The number of benzene rings is 1. The third-order valence-electron chi connectivity index (χ3n) is 3.48. The van der Waals surface area contributed by atoms with Crippen LogP contribution in [0.4, 0.5) is 11.5 Å². The Morgan fingerprint density at radius 2 is 2.10 bits per heavy atom. The van der Waals surface area contributed by atoms with Crippen LogP contribution >= 0.6 is 0 Å². The highest BCUT2D eigenvalue weighted by atomic mass is 16.6. The second kappa shape index (κ2) is 4.90. The number of aliphatic hydroxyl groups is 1. The van der Waals surface area contributed by atoms with E-state index in [4.69, 9.17) is 0 Å². The molecule has 0 fully saturated rings. The van der Waals surface area contributed by atoms with Gasteiger partial charge in [-0.3, -0.25) is 10.1 Å². The van der Waals surface area contributed by atoms with Gasteiger partial charge in [-0.2, -0.15) is 0 Å². The van der Waals surface area contributed by atoms with Gasteiger partial charge in [-0.1, -0.05) is 24.3 Å². The maximum atomic E-state index is 11.0. The van der Waals surface area contributed by atoms with Gasteiger partial charge in [0.2, 0.25) is 5.82 Å². The minimum atomic E-state index is -0.617. The van der Waals surface area contributed by atoms with Crippen molar-refractivity contribution in [1.82, 2.24) is 4.98 Å². The van der Waals surface area contributed by atoms with Crippen LogP contribution in [0.3, 0.4) is 0 Å². The van der Waals surface area contributed by atoms with Gasteiger partial charge in [0, 0.05) is 18.7 Å². The highest BCUT2D eigenvalue weighted by Crippen LogP contribution is 2.35. The number of aromatic nitrogens is 1. The Kier molecular flexibility index (Phi) is 3.08. The molecular formula is C14H13N3O3. The first-order valence-corrected chi connectivity index (χ1v) is 6.28. The van der Waals surface area contributed by atoms with Gasteiger partial charge in [0.1, 0.15) is 0 Å². The summed E-state index contributed by atoms with van der Waals surface area (Å²) in [5.41, 5.74) is 1.92. The van der Waals surface area contributed by atoms with E-state index in [0.29, 0.717) is 6.42 Å². The number of nitrogens with zero attached hydrogens (tertiary/aromatic N) is 2. The number of aliphatic hydroxyl groups excluding tert-OH is 1. The Labute approximate surface area is 115 Å². The average Bonchev–Trinajstić information content (AvgIpc) is 2.76. The monoisotopic (exact) mass is 271 g/mol. The van der Waals surface area contributed by atoms with E-state index >= 15 is 0 Å². The molecule has 6 heteroatoms. The van der Waals surface area contributed by atoms with Crippen LogP contribution in [0.2, 0.25) is 0 Å². The molecule has 20 heavy (non-hydrogen) atoms. The SMILES string of the molecule is O=[N+]([O-])c1cccnc1N[C@@H]1c2ccccc2C[C@H]1O. The van der Waals surface area contributed by atoms with E-state index < -0.39 is 11.0 Å². The topological polar surface area (TPSA) is 88.3 Å². The lowest BCUT2D eigenvalue weighted by Crippen LogP contribution is -2.22. The Morgan fingerprint density at radius 1 is 1.30 bits per heavy atom. The molecule has 0 saturated carbocycles. The molecule has 1 aliphatic carbocycles. The summed E-state index contributed by atoms with van der Waals surface area (Å²) >= 11 is 0. The number of anilines is 1. The lowest BCUT2D eigenvalue weighted by atomic mass is 10.1. The van der Waals surface area contributed by atoms with Crippen LogP contribution < -0.4 is 5.32 Å². The zero-order chi connectivity index (χ0) is 14.1. The smallest absolute Gasteiger partial charge is 0.311 e. The van der Waals surface area contributed by atoms with Gasteiger partial charge in [0.25, 0.3) is 0 Å². The van der Waals surface area contributed by atoms with Crippen LogP contribution in [-0.2, 0) is 6.42 Å². The Morgan fingerprint density at radius 3 is 2.90 bits per heavy atom. The van der Waals surface area contributed by atoms with Crippen molar-refractivity contribution in [1.29, 1.82) is 0 Å². The minimum absolute atomic E-state index is 0.0934. The van der Waals surface area contributed by atoms with Crippen LogP contribution in [0.25, 0.3) is 0 Å². The summed E-state index contributed by atoms with van der Waals surface area (Å²) in [6, 6.07) is 10.2. The molecule has 2 atom stereocenters. The Hall–Kier alpha value is -2.47. The number of fused-ring (bicyclic) bond motifs is 1. The van der Waals surface area contributed by atoms with Crippen molar-refractivity contribution in [2.75, 3.05) is 5.32 Å². The summed E-state index contributed by atoms with van der Waals surface area (Å²) in [5, 5.41) is 24.1. The predicted octanol–water partition coefficient (Wildman–Crippen LogP) is 2.06. The van der Waals surface area contributed by atoms with E-state index in [0.717, 1.165) is 11.1 Å². The van der Waals surface area contributed by atoms with Crippen molar-refractivity contribution >= 4 is 11.5 Å². The van der Waals surface area contributed by atoms with Crippen LogP contribution in [0.15, 0.2) is 42.6 Å². The van der Waals surface area contributed by atoms with Crippen molar-refractivity contribution < 1.29 is 10.0 Å². The van der Waals surface area contributed by atoms with Crippen LogP contribution in [0.1, 0.15) is 17.2 Å². The molecule has 0 bridgehead atoms. The fourth-order valence-corrected chi connectivity index (χ4v) is 2.55. The molecule has 1 aromatic heterocycles. The zero-order valence-corrected chi connectivity index (χ0v) is 10.6. The number of rotatable bonds is 3. The van der Waals surface area contributed by atoms with E-state index in [1.807, 2.05) is 24.3 Å². The molecule has 6 nitrogen and oxygen atoms in total. The normalized spacial score (nSPS) is 20.4. The third-order valence-corrected chi connectivity index (χ3v) is 3.48. The van der Waals surface area contributed by atoms with Crippen molar-refractivity contribution in [3.05, 3.63) is 63.8 Å². The summed E-state index contributed by atoms with van der Waals surface area (Å²) in [6.07, 6.45) is 1.41. The minimum Gasteiger partial charge on any atom is -0.390 e. The zero-order valence-electron chi connectivity index (χ0n) is 10.6. The summed E-state index contributed by atoms with van der Waals surface area (Å²) in [7, 11) is 0. The molecule has 0 saturated heterocycles. The first-order valence-electron chi connectivity index (χ1n) is 6.28. The van der Waals surface area contributed by atoms with Gasteiger partial charge in [0.05, 0.1) is 17.1 Å². The maximum Gasteiger partial charge on any atom is 0.311 e. The van der Waals surface area contributed by atoms with E-state index in [-0.39, 0.29) is 17.5 Å². The van der Waals surface area contributed by atoms with Gasteiger partial charge in [-0.15, -0.1) is 0 Å². The summed E-state index contributed by atoms with van der Waals surface area (Å²) in [4.78, 5) is 14.5. The van der Waals surface area contributed by atoms with E-state index in [9.17, 15) is 15.2 Å². The van der Waals surface area contributed by atoms with Gasteiger partial charge in [-0.25, -0.2) is 4.98 Å². The molecule has 2 aromatic rings. The molecule has 0 amide bonds. The highest BCUT2D eigenvalue weighted by Gasteiger charge is 2.32.